The van der Waals surface area contributed by atoms with Gasteiger partial charge >= 0.3 is 0 Å². The number of nitrogens with one attached hydrogen (secondary N) is 1. The highest BCUT2D eigenvalue weighted by Gasteiger charge is 2.22. The largest absolute Gasteiger partial charge is 0.393 e. The van der Waals surface area contributed by atoms with Crippen LogP contribution in [0.1, 0.15) is 11.1 Å². The van der Waals surface area contributed by atoms with Crippen molar-refractivity contribution in [2.24, 2.45) is 11.7 Å². The maximum absolute atomic E-state index is 12.4. The van der Waals surface area contributed by atoms with E-state index in [4.69, 9.17) is 18.0 Å². The van der Waals surface area contributed by atoms with Crippen LogP contribution >= 0.6 is 12.2 Å². The van der Waals surface area contributed by atoms with E-state index in [-0.39, 0.29) is 10.9 Å². The van der Waals surface area contributed by atoms with Crippen molar-refractivity contribution in [3.8, 4) is 0 Å². The van der Waals surface area contributed by atoms with Crippen molar-refractivity contribution in [2.45, 2.75) is 13.3 Å². The lowest BCUT2D eigenvalue weighted by atomic mass is 9.98. The van der Waals surface area contributed by atoms with Crippen LogP contribution < -0.4 is 11.1 Å². The van der Waals surface area contributed by atoms with Gasteiger partial charge < -0.3 is 11.1 Å². The van der Waals surface area contributed by atoms with Crippen molar-refractivity contribution in [1.82, 2.24) is 4.98 Å². The Morgan fingerprint density at radius 3 is 2.67 bits per heavy atom. The highest BCUT2D eigenvalue weighted by molar-refractivity contribution is 7.80. The van der Waals surface area contributed by atoms with Gasteiger partial charge in [0.05, 0.1) is 22.8 Å². The fraction of sp³-hybridized carbons (Fsp3) is 0.188. The molecule has 0 radical (unpaired) electrons. The average molecular weight is 299 g/mol. The van der Waals surface area contributed by atoms with E-state index in [1.807, 2.05) is 43.3 Å². The van der Waals surface area contributed by atoms with Crippen LogP contribution in [-0.4, -0.2) is 15.9 Å². The number of rotatable bonds is 5. The van der Waals surface area contributed by atoms with Gasteiger partial charge in [-0.1, -0.05) is 42.5 Å². The van der Waals surface area contributed by atoms with E-state index in [0.717, 1.165) is 11.1 Å². The van der Waals surface area contributed by atoms with Gasteiger partial charge in [0.1, 0.15) is 0 Å². The van der Waals surface area contributed by atoms with Gasteiger partial charge in [0.25, 0.3) is 0 Å². The molecule has 21 heavy (non-hydrogen) atoms. The molecule has 0 fully saturated rings. The van der Waals surface area contributed by atoms with E-state index in [9.17, 15) is 4.79 Å². The van der Waals surface area contributed by atoms with Crippen LogP contribution in [0.5, 0.6) is 0 Å². The van der Waals surface area contributed by atoms with Gasteiger partial charge in [0.2, 0.25) is 5.91 Å². The number of thiocarbonyl (C=S) groups is 1. The minimum atomic E-state index is -0.539. The number of anilines is 1. The molecular formula is C16H17N3OS. The molecule has 0 saturated carbocycles. The van der Waals surface area contributed by atoms with E-state index in [0.29, 0.717) is 12.1 Å². The molecule has 0 aliphatic carbocycles. The molecule has 0 aliphatic rings. The molecule has 1 amide bonds. The Hall–Kier alpha value is -2.27. The molecule has 1 unspecified atom stereocenters. The van der Waals surface area contributed by atoms with E-state index in [1.165, 1.54) is 0 Å². The lowest BCUT2D eigenvalue weighted by Crippen LogP contribution is -2.34. The molecule has 1 atom stereocenters. The van der Waals surface area contributed by atoms with Gasteiger partial charge in [-0.25, -0.2) is 0 Å². The molecule has 2 rings (SSSR count). The predicted octanol–water partition coefficient (Wildman–Crippen LogP) is 2.47. The van der Waals surface area contributed by atoms with Gasteiger partial charge in [0, 0.05) is 6.20 Å². The van der Waals surface area contributed by atoms with Gasteiger partial charge in [-0.3, -0.25) is 9.78 Å². The number of pyridine rings is 1. The number of benzene rings is 1. The zero-order valence-corrected chi connectivity index (χ0v) is 12.6. The number of carbonyl (C=O) groups is 1. The topological polar surface area (TPSA) is 68.0 Å². The van der Waals surface area contributed by atoms with Crippen molar-refractivity contribution in [3.05, 3.63) is 59.9 Å². The molecule has 1 aromatic carbocycles. The Bertz CT molecular complexity index is 643. The predicted molar refractivity (Wildman–Crippen MR) is 88.0 cm³/mol. The van der Waals surface area contributed by atoms with Crippen LogP contribution in [-0.2, 0) is 11.2 Å². The zero-order valence-electron chi connectivity index (χ0n) is 11.7. The van der Waals surface area contributed by atoms with Crippen molar-refractivity contribution in [3.63, 3.8) is 0 Å². The Kier molecular flexibility index (Phi) is 5.00. The summed E-state index contributed by atoms with van der Waals surface area (Å²) < 4.78 is 0. The number of hydrogen-bond donors (Lipinski definition) is 2. The summed E-state index contributed by atoms with van der Waals surface area (Å²) >= 11 is 5.04. The van der Waals surface area contributed by atoms with Crippen LogP contribution in [0.4, 0.5) is 5.69 Å². The van der Waals surface area contributed by atoms with Crippen LogP contribution in [0.25, 0.3) is 0 Å². The van der Waals surface area contributed by atoms with Gasteiger partial charge in [-0.15, -0.1) is 0 Å². The minimum Gasteiger partial charge on any atom is -0.393 e. The highest BCUT2D eigenvalue weighted by atomic mass is 32.1. The SMILES string of the molecule is Cc1cncc(NC(=O)C(Cc2ccccc2)C(N)=S)c1. The van der Waals surface area contributed by atoms with Crippen LogP contribution in [0.2, 0.25) is 0 Å². The smallest absolute Gasteiger partial charge is 0.234 e. The lowest BCUT2D eigenvalue weighted by molar-refractivity contribution is -0.118. The second-order valence-electron chi connectivity index (χ2n) is 4.88. The Balaban J connectivity index is 2.11. The normalized spacial score (nSPS) is 11.7. The van der Waals surface area contributed by atoms with E-state index in [1.54, 1.807) is 12.4 Å². The molecule has 0 saturated heterocycles. The number of nitrogens with two attached hydrogens (primary N) is 1. The first kappa shape index (κ1) is 15.1. The first-order chi connectivity index (χ1) is 10.1. The first-order valence-corrected chi connectivity index (χ1v) is 7.03. The molecule has 1 heterocycles. The van der Waals surface area contributed by atoms with E-state index >= 15 is 0 Å². The second-order valence-corrected chi connectivity index (χ2v) is 5.36. The third-order valence-electron chi connectivity index (χ3n) is 3.09. The van der Waals surface area contributed by atoms with Crippen molar-refractivity contribution in [1.29, 1.82) is 0 Å². The minimum absolute atomic E-state index is 0.192. The lowest BCUT2D eigenvalue weighted by Gasteiger charge is -2.15. The third-order valence-corrected chi connectivity index (χ3v) is 3.37. The summed E-state index contributed by atoms with van der Waals surface area (Å²) in [5.74, 6) is -0.748. The Morgan fingerprint density at radius 1 is 1.33 bits per heavy atom. The van der Waals surface area contributed by atoms with E-state index in [2.05, 4.69) is 10.3 Å². The number of amides is 1. The van der Waals surface area contributed by atoms with Gasteiger partial charge in [0.15, 0.2) is 0 Å². The Labute approximate surface area is 129 Å². The summed E-state index contributed by atoms with van der Waals surface area (Å²) in [6, 6.07) is 11.5. The zero-order chi connectivity index (χ0) is 15.2. The molecule has 5 heteroatoms. The van der Waals surface area contributed by atoms with Crippen molar-refractivity contribution in [2.75, 3.05) is 5.32 Å². The number of aryl methyl sites for hydroxylation is 1. The number of aromatic nitrogens is 1. The fourth-order valence-electron chi connectivity index (χ4n) is 2.02. The molecule has 0 aliphatic heterocycles. The molecule has 0 bridgehead atoms. The number of hydrogen-bond acceptors (Lipinski definition) is 3. The molecule has 0 spiro atoms. The van der Waals surface area contributed by atoms with Crippen LogP contribution in [0.3, 0.4) is 0 Å². The maximum atomic E-state index is 12.4. The van der Waals surface area contributed by atoms with Crippen LogP contribution in [0, 0.1) is 12.8 Å². The number of carbonyl (C=O) groups excluding carboxylic acids is 1. The number of nitrogens with zero attached hydrogens (tertiary/aromatic N) is 1. The summed E-state index contributed by atoms with van der Waals surface area (Å²) in [5.41, 5.74) is 8.37. The van der Waals surface area contributed by atoms with E-state index < -0.39 is 5.92 Å². The summed E-state index contributed by atoms with van der Waals surface area (Å²) in [6.45, 7) is 1.91. The molecule has 3 N–H and O–H groups in total. The van der Waals surface area contributed by atoms with Crippen molar-refractivity contribution < 1.29 is 4.79 Å². The second kappa shape index (κ2) is 6.95. The molecule has 4 nitrogen and oxygen atoms in total. The summed E-state index contributed by atoms with van der Waals surface area (Å²) in [5, 5.41) is 2.82. The summed E-state index contributed by atoms with van der Waals surface area (Å²) in [4.78, 5) is 16.6. The molecule has 2 aromatic rings. The summed E-state index contributed by atoms with van der Waals surface area (Å²) in [6.07, 6.45) is 3.82. The molecular weight excluding hydrogens is 282 g/mol. The highest BCUT2D eigenvalue weighted by Crippen LogP contribution is 2.14. The van der Waals surface area contributed by atoms with Crippen LogP contribution in [0.15, 0.2) is 48.8 Å². The third kappa shape index (κ3) is 4.36. The maximum Gasteiger partial charge on any atom is 0.234 e. The van der Waals surface area contributed by atoms with Gasteiger partial charge in [-0.2, -0.15) is 0 Å². The monoisotopic (exact) mass is 299 g/mol. The Morgan fingerprint density at radius 2 is 2.05 bits per heavy atom. The average Bonchev–Trinajstić information content (AvgIpc) is 2.45. The van der Waals surface area contributed by atoms with Crippen molar-refractivity contribution >= 4 is 28.8 Å². The fourth-order valence-corrected chi connectivity index (χ4v) is 2.22. The molecule has 1 aromatic heterocycles. The first-order valence-electron chi connectivity index (χ1n) is 6.62. The standard InChI is InChI=1S/C16H17N3OS/c1-11-7-13(10-18-9-11)19-16(20)14(15(17)21)8-12-5-3-2-4-6-12/h2-7,9-10,14H,8H2,1H3,(H2,17,21)(H,19,20). The quantitative estimate of drug-likeness (QED) is 0.832. The summed E-state index contributed by atoms with van der Waals surface area (Å²) in [7, 11) is 0. The molecule has 108 valence electrons. The van der Waals surface area contributed by atoms with Gasteiger partial charge in [-0.05, 0) is 30.5 Å².